The molecule has 0 radical (unpaired) electrons. The van der Waals surface area contributed by atoms with Gasteiger partial charge in [-0.3, -0.25) is 9.78 Å². The fraction of sp³-hybridized carbons (Fsp3) is 0.259. The SMILES string of the molecule is COc1cc2c(cc1OC)C(c1ccccc1)N(C(=O)CCc1nc(-c3cccnc3)no1)CC2. The van der Waals surface area contributed by atoms with Crippen LogP contribution in [0.2, 0.25) is 0 Å². The van der Waals surface area contributed by atoms with Crippen molar-refractivity contribution in [1.82, 2.24) is 20.0 Å². The molecule has 2 aromatic carbocycles. The molecule has 0 saturated carbocycles. The molecule has 1 atom stereocenters. The van der Waals surface area contributed by atoms with Crippen LogP contribution in [0.5, 0.6) is 11.5 Å². The van der Waals surface area contributed by atoms with E-state index in [-0.39, 0.29) is 18.4 Å². The largest absolute Gasteiger partial charge is 0.493 e. The first kappa shape index (κ1) is 22.6. The van der Waals surface area contributed by atoms with E-state index >= 15 is 0 Å². The number of rotatable bonds is 7. The second kappa shape index (κ2) is 9.97. The number of ether oxygens (including phenoxy) is 2. The molecule has 4 aromatic rings. The lowest BCUT2D eigenvalue weighted by molar-refractivity contribution is -0.133. The molecule has 0 bridgehead atoms. The molecule has 3 heterocycles. The Morgan fingerprint density at radius 1 is 1.09 bits per heavy atom. The van der Waals surface area contributed by atoms with Crippen LogP contribution in [0.4, 0.5) is 0 Å². The van der Waals surface area contributed by atoms with E-state index in [1.54, 1.807) is 26.6 Å². The van der Waals surface area contributed by atoms with Crippen LogP contribution >= 0.6 is 0 Å². The Morgan fingerprint density at radius 3 is 2.63 bits per heavy atom. The molecular formula is C27H26N4O4. The summed E-state index contributed by atoms with van der Waals surface area (Å²) in [6.45, 7) is 0.603. The summed E-state index contributed by atoms with van der Waals surface area (Å²) in [5.74, 6) is 2.27. The van der Waals surface area contributed by atoms with Gasteiger partial charge < -0.3 is 18.9 Å². The van der Waals surface area contributed by atoms with Crippen molar-refractivity contribution in [2.24, 2.45) is 0 Å². The van der Waals surface area contributed by atoms with Crippen LogP contribution in [0.3, 0.4) is 0 Å². The molecule has 5 rings (SSSR count). The zero-order valence-electron chi connectivity index (χ0n) is 19.7. The molecule has 35 heavy (non-hydrogen) atoms. The van der Waals surface area contributed by atoms with Gasteiger partial charge in [-0.15, -0.1) is 0 Å². The number of pyridine rings is 1. The lowest BCUT2D eigenvalue weighted by atomic mass is 9.87. The number of aromatic nitrogens is 3. The monoisotopic (exact) mass is 470 g/mol. The summed E-state index contributed by atoms with van der Waals surface area (Å²) in [4.78, 5) is 23.9. The molecule has 0 fully saturated rings. The molecule has 0 spiro atoms. The van der Waals surface area contributed by atoms with Crippen molar-refractivity contribution in [3.05, 3.63) is 89.6 Å². The molecule has 178 valence electrons. The lowest BCUT2D eigenvalue weighted by Gasteiger charge is -2.38. The Balaban J connectivity index is 1.40. The van der Waals surface area contributed by atoms with Gasteiger partial charge in [-0.2, -0.15) is 4.98 Å². The number of benzene rings is 2. The van der Waals surface area contributed by atoms with Crippen molar-refractivity contribution >= 4 is 5.91 Å². The summed E-state index contributed by atoms with van der Waals surface area (Å²) in [5, 5.41) is 4.03. The number of carbonyl (C=O) groups excluding carboxylic acids is 1. The molecule has 1 aliphatic heterocycles. The van der Waals surface area contributed by atoms with Gasteiger partial charge >= 0.3 is 0 Å². The topological polar surface area (TPSA) is 90.6 Å². The molecular weight excluding hydrogens is 444 g/mol. The average molecular weight is 471 g/mol. The van der Waals surface area contributed by atoms with Crippen LogP contribution in [0.1, 0.15) is 35.0 Å². The van der Waals surface area contributed by atoms with E-state index in [0.29, 0.717) is 36.2 Å². The van der Waals surface area contributed by atoms with E-state index in [2.05, 4.69) is 27.3 Å². The molecule has 8 nitrogen and oxygen atoms in total. The number of fused-ring (bicyclic) bond motifs is 1. The Kier molecular flexibility index (Phi) is 6.43. The maximum absolute atomic E-state index is 13.5. The van der Waals surface area contributed by atoms with Crippen LogP contribution in [0, 0.1) is 0 Å². The van der Waals surface area contributed by atoms with Gasteiger partial charge in [0.1, 0.15) is 0 Å². The normalized spacial score (nSPS) is 14.9. The number of amides is 1. The number of hydrogen-bond donors (Lipinski definition) is 0. The fourth-order valence-electron chi connectivity index (χ4n) is 4.54. The molecule has 0 N–H and O–H groups in total. The quantitative estimate of drug-likeness (QED) is 0.399. The lowest BCUT2D eigenvalue weighted by Crippen LogP contribution is -2.40. The van der Waals surface area contributed by atoms with E-state index in [4.69, 9.17) is 14.0 Å². The van der Waals surface area contributed by atoms with Crippen molar-refractivity contribution in [2.75, 3.05) is 20.8 Å². The molecule has 2 aromatic heterocycles. The number of aryl methyl sites for hydroxylation is 1. The van der Waals surface area contributed by atoms with Gasteiger partial charge in [0, 0.05) is 37.3 Å². The summed E-state index contributed by atoms with van der Waals surface area (Å²) in [7, 11) is 3.26. The summed E-state index contributed by atoms with van der Waals surface area (Å²) in [5.41, 5.74) is 4.02. The Morgan fingerprint density at radius 2 is 1.89 bits per heavy atom. The first-order chi connectivity index (χ1) is 17.2. The van der Waals surface area contributed by atoms with Crippen molar-refractivity contribution in [2.45, 2.75) is 25.3 Å². The maximum atomic E-state index is 13.5. The first-order valence-electron chi connectivity index (χ1n) is 11.5. The minimum absolute atomic E-state index is 0.0282. The second-order valence-electron chi connectivity index (χ2n) is 8.31. The van der Waals surface area contributed by atoms with Crippen molar-refractivity contribution in [1.29, 1.82) is 0 Å². The number of carbonyl (C=O) groups is 1. The summed E-state index contributed by atoms with van der Waals surface area (Å²) in [6.07, 6.45) is 4.73. The van der Waals surface area contributed by atoms with Crippen molar-refractivity contribution in [3.63, 3.8) is 0 Å². The van der Waals surface area contributed by atoms with Gasteiger partial charge in [0.25, 0.3) is 0 Å². The summed E-state index contributed by atoms with van der Waals surface area (Å²) < 4.78 is 16.5. The summed E-state index contributed by atoms with van der Waals surface area (Å²) in [6, 6.07) is 17.5. The Bertz CT molecular complexity index is 1310. The third kappa shape index (κ3) is 4.59. The minimum atomic E-state index is -0.221. The highest BCUT2D eigenvalue weighted by atomic mass is 16.5. The number of hydrogen-bond acceptors (Lipinski definition) is 7. The standard InChI is InChI=1S/C27H26N4O4/c1-33-22-15-19-12-14-31(26(18-7-4-3-5-8-18)21(19)16-23(22)34-2)25(32)11-10-24-29-27(30-35-24)20-9-6-13-28-17-20/h3-9,13,15-17,26H,10-12,14H2,1-2H3. The Hall–Kier alpha value is -4.20. The first-order valence-corrected chi connectivity index (χ1v) is 11.5. The minimum Gasteiger partial charge on any atom is -0.493 e. The maximum Gasteiger partial charge on any atom is 0.227 e. The molecule has 1 unspecified atom stereocenters. The number of nitrogens with zero attached hydrogens (tertiary/aromatic N) is 4. The summed E-state index contributed by atoms with van der Waals surface area (Å²) >= 11 is 0. The molecule has 8 heteroatoms. The van der Waals surface area contributed by atoms with E-state index in [9.17, 15) is 4.79 Å². The van der Waals surface area contributed by atoms with Crippen LogP contribution in [-0.2, 0) is 17.6 Å². The predicted octanol–water partition coefficient (Wildman–Crippen LogP) is 4.26. The predicted molar refractivity (Wildman–Crippen MR) is 129 cm³/mol. The van der Waals surface area contributed by atoms with E-state index < -0.39 is 0 Å². The van der Waals surface area contributed by atoms with Gasteiger partial charge in [0.15, 0.2) is 11.5 Å². The van der Waals surface area contributed by atoms with Crippen LogP contribution in [0.15, 0.2) is 71.5 Å². The van der Waals surface area contributed by atoms with Crippen LogP contribution < -0.4 is 9.47 Å². The molecule has 0 aliphatic carbocycles. The highest BCUT2D eigenvalue weighted by Crippen LogP contribution is 2.41. The van der Waals surface area contributed by atoms with E-state index in [1.807, 2.05) is 47.4 Å². The van der Waals surface area contributed by atoms with Crippen molar-refractivity contribution < 1.29 is 18.8 Å². The smallest absolute Gasteiger partial charge is 0.227 e. The van der Waals surface area contributed by atoms with Crippen LogP contribution in [0.25, 0.3) is 11.4 Å². The highest BCUT2D eigenvalue weighted by molar-refractivity contribution is 5.78. The molecule has 0 saturated heterocycles. The van der Waals surface area contributed by atoms with Crippen molar-refractivity contribution in [3.8, 4) is 22.9 Å². The second-order valence-corrected chi connectivity index (χ2v) is 8.31. The van der Waals surface area contributed by atoms with E-state index in [1.165, 1.54) is 0 Å². The zero-order chi connectivity index (χ0) is 24.2. The number of methoxy groups -OCH3 is 2. The van der Waals surface area contributed by atoms with E-state index in [0.717, 1.165) is 28.7 Å². The average Bonchev–Trinajstić information content (AvgIpc) is 3.40. The third-order valence-corrected chi connectivity index (χ3v) is 6.25. The molecule has 1 aliphatic rings. The highest BCUT2D eigenvalue weighted by Gasteiger charge is 2.33. The van der Waals surface area contributed by atoms with Gasteiger partial charge in [-0.1, -0.05) is 35.5 Å². The van der Waals surface area contributed by atoms with Gasteiger partial charge in [0.2, 0.25) is 17.6 Å². The van der Waals surface area contributed by atoms with Gasteiger partial charge in [0.05, 0.1) is 20.3 Å². The fourth-order valence-corrected chi connectivity index (χ4v) is 4.54. The third-order valence-electron chi connectivity index (χ3n) is 6.25. The van der Waals surface area contributed by atoms with Crippen LogP contribution in [-0.4, -0.2) is 46.7 Å². The zero-order valence-corrected chi connectivity index (χ0v) is 19.7. The Labute approximate surface area is 203 Å². The van der Waals surface area contributed by atoms with Gasteiger partial charge in [-0.05, 0) is 47.4 Å². The molecule has 1 amide bonds. The van der Waals surface area contributed by atoms with Gasteiger partial charge in [-0.25, -0.2) is 0 Å².